The van der Waals surface area contributed by atoms with Crippen LogP contribution in [-0.2, 0) is 10.0 Å². The van der Waals surface area contributed by atoms with Crippen molar-refractivity contribution in [3.63, 3.8) is 0 Å². The Kier molecular flexibility index (Phi) is 3.79. The third-order valence-corrected chi connectivity index (χ3v) is 6.41. The summed E-state index contributed by atoms with van der Waals surface area (Å²) in [6.07, 6.45) is 0. The van der Waals surface area contributed by atoms with Gasteiger partial charge in [-0.3, -0.25) is 4.31 Å². The van der Waals surface area contributed by atoms with Crippen molar-refractivity contribution in [3.05, 3.63) is 45.7 Å². The molecule has 0 spiro atoms. The fourth-order valence-corrected chi connectivity index (χ4v) is 4.90. The maximum Gasteiger partial charge on any atom is 0.273 e. The highest BCUT2D eigenvalue weighted by Gasteiger charge is 2.23. The van der Waals surface area contributed by atoms with E-state index in [1.165, 1.54) is 15.6 Å². The van der Waals surface area contributed by atoms with Gasteiger partial charge in [0.25, 0.3) is 10.0 Å². The van der Waals surface area contributed by atoms with Crippen LogP contribution in [0, 0.1) is 6.92 Å². The first-order valence-corrected chi connectivity index (χ1v) is 8.27. The molecule has 0 unspecified atom stereocenters. The Morgan fingerprint density at radius 2 is 1.94 bits per heavy atom. The van der Waals surface area contributed by atoms with Crippen LogP contribution in [0.2, 0.25) is 0 Å². The Morgan fingerprint density at radius 3 is 2.50 bits per heavy atom. The highest BCUT2D eigenvalue weighted by atomic mass is 79.9. The standard InChI is InChI=1S/C12H12BrNO2S2/c1-9-4-3-5-10(8-9)14(2)18(15,16)12-7-6-11(13)17-12/h3-8H,1-2H3. The number of hydrogen-bond acceptors (Lipinski definition) is 3. The molecule has 0 amide bonds. The predicted molar refractivity (Wildman–Crippen MR) is 78.8 cm³/mol. The summed E-state index contributed by atoms with van der Waals surface area (Å²) < 4.78 is 27.2. The van der Waals surface area contributed by atoms with Gasteiger partial charge >= 0.3 is 0 Å². The lowest BCUT2D eigenvalue weighted by molar-refractivity contribution is 0.596. The Hall–Kier alpha value is -0.850. The van der Waals surface area contributed by atoms with Crippen LogP contribution in [0.1, 0.15) is 5.56 Å². The molecule has 1 aromatic carbocycles. The average molecular weight is 346 g/mol. The number of anilines is 1. The molecule has 2 rings (SSSR count). The van der Waals surface area contributed by atoms with Crippen LogP contribution in [-0.4, -0.2) is 15.5 Å². The number of hydrogen-bond donors (Lipinski definition) is 0. The van der Waals surface area contributed by atoms with E-state index in [4.69, 9.17) is 0 Å². The zero-order chi connectivity index (χ0) is 13.3. The average Bonchev–Trinajstić information content (AvgIpc) is 2.75. The highest BCUT2D eigenvalue weighted by Crippen LogP contribution is 2.30. The van der Waals surface area contributed by atoms with Crippen molar-refractivity contribution in [1.29, 1.82) is 0 Å². The van der Waals surface area contributed by atoms with Crippen LogP contribution in [0.5, 0.6) is 0 Å². The molecule has 0 bridgehead atoms. The Labute approximate surface area is 119 Å². The Morgan fingerprint density at radius 1 is 1.22 bits per heavy atom. The molecule has 0 fully saturated rings. The van der Waals surface area contributed by atoms with Gasteiger partial charge in [-0.05, 0) is 52.7 Å². The van der Waals surface area contributed by atoms with Crippen LogP contribution in [0.25, 0.3) is 0 Å². The van der Waals surface area contributed by atoms with E-state index in [2.05, 4.69) is 15.9 Å². The van der Waals surface area contributed by atoms with E-state index in [-0.39, 0.29) is 0 Å². The van der Waals surface area contributed by atoms with Crippen LogP contribution < -0.4 is 4.31 Å². The quantitative estimate of drug-likeness (QED) is 0.851. The molecule has 0 aliphatic heterocycles. The summed E-state index contributed by atoms with van der Waals surface area (Å²) in [5.41, 5.74) is 1.70. The lowest BCUT2D eigenvalue weighted by Gasteiger charge is -2.18. The van der Waals surface area contributed by atoms with Gasteiger partial charge < -0.3 is 0 Å². The van der Waals surface area contributed by atoms with Crippen LogP contribution in [0.4, 0.5) is 5.69 Å². The maximum absolute atomic E-state index is 12.4. The first kappa shape index (κ1) is 13.6. The fraction of sp³-hybridized carbons (Fsp3) is 0.167. The van der Waals surface area contributed by atoms with Gasteiger partial charge in [-0.25, -0.2) is 8.42 Å². The van der Waals surface area contributed by atoms with Crippen LogP contribution in [0.15, 0.2) is 44.4 Å². The zero-order valence-corrected chi connectivity index (χ0v) is 13.1. The first-order valence-electron chi connectivity index (χ1n) is 5.22. The number of nitrogens with zero attached hydrogens (tertiary/aromatic N) is 1. The van der Waals surface area contributed by atoms with E-state index < -0.39 is 10.0 Å². The largest absolute Gasteiger partial charge is 0.273 e. The molecule has 0 atom stereocenters. The molecule has 0 aliphatic carbocycles. The number of thiophene rings is 1. The molecular weight excluding hydrogens is 334 g/mol. The second kappa shape index (κ2) is 5.03. The number of aryl methyl sites for hydroxylation is 1. The summed E-state index contributed by atoms with van der Waals surface area (Å²) in [6, 6.07) is 10.8. The normalized spacial score (nSPS) is 11.5. The molecule has 18 heavy (non-hydrogen) atoms. The molecule has 0 aliphatic rings. The number of rotatable bonds is 3. The van der Waals surface area contributed by atoms with Gasteiger partial charge in [0.1, 0.15) is 4.21 Å². The lowest BCUT2D eigenvalue weighted by Crippen LogP contribution is -2.25. The van der Waals surface area contributed by atoms with E-state index in [1.54, 1.807) is 25.2 Å². The van der Waals surface area contributed by atoms with Gasteiger partial charge in [0, 0.05) is 7.05 Å². The predicted octanol–water partition coefficient (Wildman–Crippen LogP) is 3.64. The summed E-state index contributed by atoms with van der Waals surface area (Å²) in [7, 11) is -1.90. The lowest BCUT2D eigenvalue weighted by atomic mass is 10.2. The summed E-state index contributed by atoms with van der Waals surface area (Å²) in [4.78, 5) is 0. The molecule has 3 nitrogen and oxygen atoms in total. The zero-order valence-electron chi connectivity index (χ0n) is 9.92. The summed E-state index contributed by atoms with van der Waals surface area (Å²) >= 11 is 4.49. The molecule has 0 saturated carbocycles. The Balaban J connectivity index is 2.42. The van der Waals surface area contributed by atoms with E-state index in [0.717, 1.165) is 9.35 Å². The van der Waals surface area contributed by atoms with E-state index in [0.29, 0.717) is 9.90 Å². The second-order valence-electron chi connectivity index (χ2n) is 3.87. The number of benzene rings is 1. The number of halogens is 1. The highest BCUT2D eigenvalue weighted by molar-refractivity contribution is 9.11. The van der Waals surface area contributed by atoms with Crippen molar-refractivity contribution in [2.45, 2.75) is 11.1 Å². The van der Waals surface area contributed by atoms with Gasteiger partial charge in [-0.15, -0.1) is 11.3 Å². The van der Waals surface area contributed by atoms with E-state index >= 15 is 0 Å². The molecule has 1 aromatic heterocycles. The first-order chi connectivity index (χ1) is 8.41. The smallest absolute Gasteiger partial charge is 0.269 e. The van der Waals surface area contributed by atoms with Crippen molar-refractivity contribution >= 4 is 43.0 Å². The summed E-state index contributed by atoms with van der Waals surface area (Å²) in [5, 5.41) is 0. The van der Waals surface area contributed by atoms with Gasteiger partial charge in [-0.2, -0.15) is 0 Å². The van der Waals surface area contributed by atoms with Crippen molar-refractivity contribution in [3.8, 4) is 0 Å². The number of sulfonamides is 1. The molecular formula is C12H12BrNO2S2. The van der Waals surface area contributed by atoms with E-state index in [1.807, 2.05) is 25.1 Å². The van der Waals surface area contributed by atoms with Crippen molar-refractivity contribution < 1.29 is 8.42 Å². The molecule has 0 N–H and O–H groups in total. The molecule has 96 valence electrons. The minimum absolute atomic E-state index is 0.332. The summed E-state index contributed by atoms with van der Waals surface area (Å²) in [6.45, 7) is 1.94. The van der Waals surface area contributed by atoms with Crippen molar-refractivity contribution in [2.24, 2.45) is 0 Å². The van der Waals surface area contributed by atoms with Crippen molar-refractivity contribution in [2.75, 3.05) is 11.4 Å². The monoisotopic (exact) mass is 345 g/mol. The SMILES string of the molecule is Cc1cccc(N(C)S(=O)(=O)c2ccc(Br)s2)c1. The molecule has 1 heterocycles. The second-order valence-corrected chi connectivity index (χ2v) is 8.53. The van der Waals surface area contributed by atoms with Crippen molar-refractivity contribution in [1.82, 2.24) is 0 Å². The maximum atomic E-state index is 12.4. The topological polar surface area (TPSA) is 37.4 Å². The van der Waals surface area contributed by atoms with E-state index in [9.17, 15) is 8.42 Å². The van der Waals surface area contributed by atoms with Crippen LogP contribution >= 0.6 is 27.3 Å². The third-order valence-electron chi connectivity index (χ3n) is 2.53. The molecule has 0 saturated heterocycles. The summed E-state index contributed by atoms with van der Waals surface area (Å²) in [5.74, 6) is 0. The third kappa shape index (κ3) is 2.60. The minimum atomic E-state index is -3.47. The molecule has 2 aromatic rings. The van der Waals surface area contributed by atoms with Gasteiger partial charge in [-0.1, -0.05) is 12.1 Å². The fourth-order valence-electron chi connectivity index (χ4n) is 1.53. The Bertz CT molecular complexity index is 664. The minimum Gasteiger partial charge on any atom is -0.269 e. The van der Waals surface area contributed by atoms with Gasteiger partial charge in [0.15, 0.2) is 0 Å². The molecule has 6 heteroatoms. The molecule has 0 radical (unpaired) electrons. The van der Waals surface area contributed by atoms with Gasteiger partial charge in [0.05, 0.1) is 9.47 Å². The van der Waals surface area contributed by atoms with Crippen LogP contribution in [0.3, 0.4) is 0 Å². The van der Waals surface area contributed by atoms with Gasteiger partial charge in [0.2, 0.25) is 0 Å².